The third-order valence-electron chi connectivity index (χ3n) is 3.66. The van der Waals surface area contributed by atoms with Gasteiger partial charge in [-0.1, -0.05) is 32.0 Å². The summed E-state index contributed by atoms with van der Waals surface area (Å²) in [6.07, 6.45) is 1.21. The van der Waals surface area contributed by atoms with Gasteiger partial charge in [-0.3, -0.25) is 25.3 Å². The Balaban J connectivity index is 1.76. The molecule has 1 fully saturated rings. The van der Waals surface area contributed by atoms with Gasteiger partial charge in [0.25, 0.3) is 11.8 Å². The van der Waals surface area contributed by atoms with Crippen molar-refractivity contribution in [1.29, 1.82) is 0 Å². The van der Waals surface area contributed by atoms with Crippen LogP contribution in [0.3, 0.4) is 0 Å². The van der Waals surface area contributed by atoms with Gasteiger partial charge in [-0.15, -0.1) is 0 Å². The maximum Gasteiger partial charge on any atom is 0.269 e. The van der Waals surface area contributed by atoms with E-state index in [4.69, 9.17) is 0 Å². The van der Waals surface area contributed by atoms with Crippen LogP contribution in [-0.4, -0.2) is 36.3 Å². The third kappa shape index (κ3) is 4.86. The van der Waals surface area contributed by atoms with Gasteiger partial charge in [0.05, 0.1) is 6.54 Å². The number of likely N-dealkylation sites (tertiary alicyclic amines) is 1. The number of benzene rings is 1. The molecular formula is C16H23N3O2. The number of carbonyl (C=O) groups excluding carboxylic acids is 2. The molecule has 1 aliphatic rings. The van der Waals surface area contributed by atoms with Crippen LogP contribution in [0.15, 0.2) is 30.3 Å². The zero-order chi connectivity index (χ0) is 15.2. The van der Waals surface area contributed by atoms with Gasteiger partial charge in [-0.25, -0.2) is 0 Å². The molecule has 2 atom stereocenters. The number of nitrogens with one attached hydrogen (secondary N) is 2. The molecule has 5 nitrogen and oxygen atoms in total. The molecule has 1 aromatic rings. The van der Waals surface area contributed by atoms with Crippen LogP contribution in [0.25, 0.3) is 0 Å². The molecule has 1 heterocycles. The number of hydrogen-bond donors (Lipinski definition) is 2. The number of hydrazine groups is 1. The van der Waals surface area contributed by atoms with Gasteiger partial charge in [0, 0.05) is 18.7 Å². The van der Waals surface area contributed by atoms with Crippen molar-refractivity contribution in [2.75, 3.05) is 19.6 Å². The number of rotatable bonds is 3. The van der Waals surface area contributed by atoms with E-state index in [1.165, 1.54) is 6.42 Å². The first kappa shape index (κ1) is 15.5. The number of hydrogen-bond acceptors (Lipinski definition) is 3. The standard InChI is InChI=1S/C16H23N3O2/c1-12-8-13(2)10-19(9-12)11-15(20)17-18-16(21)14-6-4-3-5-7-14/h3-7,12-13H,8-11H2,1-2H3,(H,17,20)(H,18,21)/t12-,13-/m1/s1. The van der Waals surface area contributed by atoms with Gasteiger partial charge in [-0.05, 0) is 30.4 Å². The summed E-state index contributed by atoms with van der Waals surface area (Å²) >= 11 is 0. The molecule has 0 spiro atoms. The molecule has 0 aliphatic carbocycles. The highest BCUT2D eigenvalue weighted by Crippen LogP contribution is 2.20. The number of nitrogens with zero attached hydrogens (tertiary/aromatic N) is 1. The number of amides is 2. The summed E-state index contributed by atoms with van der Waals surface area (Å²) in [4.78, 5) is 25.8. The lowest BCUT2D eigenvalue weighted by molar-refractivity contribution is -0.123. The second kappa shape index (κ2) is 7.22. The minimum atomic E-state index is -0.302. The average molecular weight is 289 g/mol. The summed E-state index contributed by atoms with van der Waals surface area (Å²) in [5.74, 6) is 0.742. The number of carbonyl (C=O) groups is 2. The quantitative estimate of drug-likeness (QED) is 0.827. The molecule has 5 heteroatoms. The van der Waals surface area contributed by atoms with Crippen LogP contribution >= 0.6 is 0 Å². The van der Waals surface area contributed by atoms with E-state index in [0.29, 0.717) is 23.9 Å². The summed E-state index contributed by atoms with van der Waals surface area (Å²) in [6.45, 7) is 6.61. The van der Waals surface area contributed by atoms with Gasteiger partial charge in [0.1, 0.15) is 0 Å². The Morgan fingerprint density at radius 1 is 1.10 bits per heavy atom. The molecular weight excluding hydrogens is 266 g/mol. The highest BCUT2D eigenvalue weighted by molar-refractivity contribution is 5.95. The average Bonchev–Trinajstić information content (AvgIpc) is 2.44. The Labute approximate surface area is 125 Å². The van der Waals surface area contributed by atoms with Crippen molar-refractivity contribution in [3.63, 3.8) is 0 Å². The second-order valence-corrected chi connectivity index (χ2v) is 6.01. The van der Waals surface area contributed by atoms with Crippen molar-refractivity contribution >= 4 is 11.8 Å². The Morgan fingerprint density at radius 3 is 2.33 bits per heavy atom. The van der Waals surface area contributed by atoms with E-state index < -0.39 is 0 Å². The SMILES string of the molecule is C[C@@H]1C[C@@H](C)CN(CC(=O)NNC(=O)c2ccccc2)C1. The van der Waals surface area contributed by atoms with E-state index in [1.807, 2.05) is 6.07 Å². The first-order valence-corrected chi connectivity index (χ1v) is 7.41. The normalized spacial score (nSPS) is 22.6. The van der Waals surface area contributed by atoms with E-state index in [2.05, 4.69) is 29.6 Å². The largest absolute Gasteiger partial charge is 0.294 e. The summed E-state index contributed by atoms with van der Waals surface area (Å²) < 4.78 is 0. The molecule has 0 unspecified atom stereocenters. The summed E-state index contributed by atoms with van der Waals surface area (Å²) in [5.41, 5.74) is 5.45. The minimum absolute atomic E-state index is 0.180. The molecule has 2 N–H and O–H groups in total. The lowest BCUT2D eigenvalue weighted by atomic mass is 9.92. The van der Waals surface area contributed by atoms with Crippen LogP contribution in [0, 0.1) is 11.8 Å². The molecule has 0 bridgehead atoms. The van der Waals surface area contributed by atoms with Gasteiger partial charge in [0.2, 0.25) is 0 Å². The van der Waals surface area contributed by atoms with Crippen LogP contribution in [0.4, 0.5) is 0 Å². The molecule has 114 valence electrons. The van der Waals surface area contributed by atoms with E-state index in [1.54, 1.807) is 24.3 Å². The molecule has 1 saturated heterocycles. The first-order chi connectivity index (χ1) is 10.0. The zero-order valence-corrected chi connectivity index (χ0v) is 12.6. The van der Waals surface area contributed by atoms with Crippen molar-refractivity contribution in [3.05, 3.63) is 35.9 Å². The first-order valence-electron chi connectivity index (χ1n) is 7.41. The molecule has 0 radical (unpaired) electrons. The van der Waals surface area contributed by atoms with Crippen LogP contribution in [0.1, 0.15) is 30.6 Å². The Bertz CT molecular complexity index is 480. The van der Waals surface area contributed by atoms with Crippen LogP contribution in [0.5, 0.6) is 0 Å². The zero-order valence-electron chi connectivity index (χ0n) is 12.6. The maximum atomic E-state index is 11.9. The highest BCUT2D eigenvalue weighted by atomic mass is 16.2. The van der Waals surface area contributed by atoms with Crippen LogP contribution in [-0.2, 0) is 4.79 Å². The monoisotopic (exact) mass is 289 g/mol. The fourth-order valence-corrected chi connectivity index (χ4v) is 2.95. The lowest BCUT2D eigenvalue weighted by Gasteiger charge is -2.34. The van der Waals surface area contributed by atoms with Crippen molar-refractivity contribution in [1.82, 2.24) is 15.8 Å². The molecule has 2 amide bonds. The smallest absolute Gasteiger partial charge is 0.269 e. The lowest BCUT2D eigenvalue weighted by Crippen LogP contribution is -2.49. The topological polar surface area (TPSA) is 61.4 Å². The van der Waals surface area contributed by atoms with Gasteiger partial charge in [0.15, 0.2) is 0 Å². The summed E-state index contributed by atoms with van der Waals surface area (Å²) in [5, 5.41) is 0. The predicted molar refractivity (Wildman–Crippen MR) is 81.4 cm³/mol. The molecule has 0 aromatic heterocycles. The highest BCUT2D eigenvalue weighted by Gasteiger charge is 2.23. The van der Waals surface area contributed by atoms with Gasteiger partial charge < -0.3 is 0 Å². The van der Waals surface area contributed by atoms with E-state index >= 15 is 0 Å². The summed E-state index contributed by atoms with van der Waals surface area (Å²) in [6, 6.07) is 8.82. The molecule has 1 aromatic carbocycles. The molecule has 21 heavy (non-hydrogen) atoms. The molecule has 1 aliphatic heterocycles. The van der Waals surface area contributed by atoms with Crippen molar-refractivity contribution < 1.29 is 9.59 Å². The van der Waals surface area contributed by atoms with Crippen molar-refractivity contribution in [3.8, 4) is 0 Å². The van der Waals surface area contributed by atoms with Crippen LogP contribution < -0.4 is 10.9 Å². The molecule has 0 saturated carbocycles. The molecule has 2 rings (SSSR count). The maximum absolute atomic E-state index is 11.9. The number of piperidine rings is 1. The van der Waals surface area contributed by atoms with E-state index in [-0.39, 0.29) is 11.8 Å². The third-order valence-corrected chi connectivity index (χ3v) is 3.66. The van der Waals surface area contributed by atoms with Gasteiger partial charge >= 0.3 is 0 Å². The Kier molecular flexibility index (Phi) is 5.33. The van der Waals surface area contributed by atoms with Crippen molar-refractivity contribution in [2.45, 2.75) is 20.3 Å². The van der Waals surface area contributed by atoms with Gasteiger partial charge in [-0.2, -0.15) is 0 Å². The fraction of sp³-hybridized carbons (Fsp3) is 0.500. The summed E-state index contributed by atoms with van der Waals surface area (Å²) in [7, 11) is 0. The fourth-order valence-electron chi connectivity index (χ4n) is 2.95. The van der Waals surface area contributed by atoms with E-state index in [9.17, 15) is 9.59 Å². The van der Waals surface area contributed by atoms with Crippen molar-refractivity contribution in [2.24, 2.45) is 11.8 Å². The second-order valence-electron chi connectivity index (χ2n) is 6.01. The van der Waals surface area contributed by atoms with Crippen LogP contribution in [0.2, 0.25) is 0 Å². The predicted octanol–water partition coefficient (Wildman–Crippen LogP) is 1.43. The Hall–Kier alpha value is -1.88. The minimum Gasteiger partial charge on any atom is -0.294 e. The Morgan fingerprint density at radius 2 is 1.71 bits per heavy atom. The van der Waals surface area contributed by atoms with E-state index in [0.717, 1.165) is 13.1 Å².